The number of piperidine rings is 1. The number of thiophene rings is 1. The summed E-state index contributed by atoms with van der Waals surface area (Å²) in [5.74, 6) is 0.142. The predicted molar refractivity (Wildman–Crippen MR) is 113 cm³/mol. The smallest absolute Gasteiger partial charge is 0.263 e. The molecule has 3 heterocycles. The second-order valence-corrected chi connectivity index (χ2v) is 8.69. The number of amides is 2. The average molecular weight is 418 g/mol. The fraction of sp³-hybridized carbons (Fsp3) is 0.429. The number of rotatable bonds is 3. The first-order chi connectivity index (χ1) is 13.6. The highest BCUT2D eigenvalue weighted by Crippen LogP contribution is 2.27. The van der Waals surface area contributed by atoms with Gasteiger partial charge in [0.25, 0.3) is 5.91 Å². The number of carbonyl (C=O) groups is 2. The van der Waals surface area contributed by atoms with Gasteiger partial charge in [0.1, 0.15) is 0 Å². The molecule has 28 heavy (non-hydrogen) atoms. The van der Waals surface area contributed by atoms with Gasteiger partial charge in [-0.1, -0.05) is 29.8 Å². The van der Waals surface area contributed by atoms with E-state index < -0.39 is 0 Å². The summed E-state index contributed by atoms with van der Waals surface area (Å²) in [6, 6.07) is 11.6. The summed E-state index contributed by atoms with van der Waals surface area (Å²) >= 11 is 7.77. The molecule has 2 saturated heterocycles. The third-order valence-electron chi connectivity index (χ3n) is 5.57. The molecule has 0 saturated carbocycles. The highest BCUT2D eigenvalue weighted by molar-refractivity contribution is 7.12. The highest BCUT2D eigenvalue weighted by atomic mass is 35.5. The predicted octanol–water partition coefficient (Wildman–Crippen LogP) is 3.60. The molecule has 2 aliphatic rings. The van der Waals surface area contributed by atoms with Crippen molar-refractivity contribution in [3.8, 4) is 0 Å². The van der Waals surface area contributed by atoms with Gasteiger partial charge < -0.3 is 14.7 Å². The molecule has 148 valence electrons. The first kappa shape index (κ1) is 19.3. The first-order valence-corrected chi connectivity index (χ1v) is 11.0. The minimum absolute atomic E-state index is 0.0519. The Labute approximate surface area is 174 Å². The summed E-state index contributed by atoms with van der Waals surface area (Å²) in [6.07, 6.45) is 1.74. The Balaban J connectivity index is 1.35. The van der Waals surface area contributed by atoms with Crippen molar-refractivity contribution >= 4 is 40.4 Å². The monoisotopic (exact) mass is 417 g/mol. The van der Waals surface area contributed by atoms with Crippen LogP contribution in [-0.2, 0) is 4.79 Å². The van der Waals surface area contributed by atoms with Crippen LogP contribution in [0.15, 0.2) is 41.8 Å². The molecule has 0 bridgehead atoms. The van der Waals surface area contributed by atoms with Crippen molar-refractivity contribution in [3.63, 3.8) is 0 Å². The van der Waals surface area contributed by atoms with Gasteiger partial charge in [-0.25, -0.2) is 0 Å². The Morgan fingerprint density at radius 1 is 0.964 bits per heavy atom. The average Bonchev–Trinajstić information content (AvgIpc) is 3.28. The van der Waals surface area contributed by atoms with E-state index in [0.717, 1.165) is 48.1 Å². The number of halogens is 1. The fourth-order valence-corrected chi connectivity index (χ4v) is 5.00. The maximum Gasteiger partial charge on any atom is 0.263 e. The molecule has 0 aliphatic carbocycles. The molecule has 2 aliphatic heterocycles. The number of piperazine rings is 1. The molecule has 0 radical (unpaired) electrons. The van der Waals surface area contributed by atoms with Gasteiger partial charge in [0.2, 0.25) is 5.91 Å². The summed E-state index contributed by atoms with van der Waals surface area (Å²) in [4.78, 5) is 32.5. The number of carbonyl (C=O) groups excluding carboxylic acids is 2. The van der Waals surface area contributed by atoms with Crippen LogP contribution in [0, 0.1) is 5.92 Å². The van der Waals surface area contributed by atoms with Gasteiger partial charge in [0, 0.05) is 39.3 Å². The van der Waals surface area contributed by atoms with E-state index in [-0.39, 0.29) is 17.7 Å². The number of hydrogen-bond acceptors (Lipinski definition) is 4. The zero-order chi connectivity index (χ0) is 19.5. The van der Waals surface area contributed by atoms with Crippen LogP contribution in [-0.4, -0.2) is 60.9 Å². The van der Waals surface area contributed by atoms with Gasteiger partial charge in [-0.15, -0.1) is 11.3 Å². The van der Waals surface area contributed by atoms with Crippen LogP contribution in [0.3, 0.4) is 0 Å². The summed E-state index contributed by atoms with van der Waals surface area (Å²) in [6.45, 7) is 4.21. The Bertz CT molecular complexity index is 834. The largest absolute Gasteiger partial charge is 0.367 e. The van der Waals surface area contributed by atoms with E-state index in [1.54, 1.807) is 0 Å². The quantitative estimate of drug-likeness (QED) is 0.766. The highest BCUT2D eigenvalue weighted by Gasteiger charge is 2.33. The Morgan fingerprint density at radius 2 is 1.75 bits per heavy atom. The van der Waals surface area contributed by atoms with Crippen molar-refractivity contribution in [2.75, 3.05) is 44.2 Å². The van der Waals surface area contributed by atoms with Crippen molar-refractivity contribution in [1.29, 1.82) is 0 Å². The SMILES string of the molecule is O=C(c1cccs1)N1CCCC(C(=O)N2CCN(c3ccccc3Cl)CC2)C1. The second-order valence-electron chi connectivity index (χ2n) is 7.33. The number of para-hydroxylation sites is 1. The van der Waals surface area contributed by atoms with E-state index in [2.05, 4.69) is 4.90 Å². The van der Waals surface area contributed by atoms with Crippen LogP contribution < -0.4 is 4.90 Å². The van der Waals surface area contributed by atoms with Gasteiger partial charge in [0.15, 0.2) is 0 Å². The molecule has 1 unspecified atom stereocenters. The van der Waals surface area contributed by atoms with Gasteiger partial charge in [0.05, 0.1) is 21.5 Å². The Hall–Kier alpha value is -2.05. The molecule has 1 aromatic carbocycles. The van der Waals surface area contributed by atoms with Gasteiger partial charge >= 0.3 is 0 Å². The summed E-state index contributed by atoms with van der Waals surface area (Å²) in [7, 11) is 0. The lowest BCUT2D eigenvalue weighted by Gasteiger charge is -2.39. The number of anilines is 1. The van der Waals surface area contributed by atoms with Gasteiger partial charge in [-0.3, -0.25) is 9.59 Å². The molecule has 7 heteroatoms. The lowest BCUT2D eigenvalue weighted by molar-refractivity contribution is -0.137. The van der Waals surface area contributed by atoms with E-state index in [4.69, 9.17) is 11.6 Å². The molecule has 5 nitrogen and oxygen atoms in total. The molecule has 2 amide bonds. The molecule has 1 atom stereocenters. The lowest BCUT2D eigenvalue weighted by atomic mass is 9.96. The van der Waals surface area contributed by atoms with Crippen LogP contribution in [0.4, 0.5) is 5.69 Å². The fourth-order valence-electron chi connectivity index (χ4n) is 4.05. The van der Waals surface area contributed by atoms with Crippen LogP contribution in [0.5, 0.6) is 0 Å². The van der Waals surface area contributed by atoms with Crippen molar-refractivity contribution in [2.24, 2.45) is 5.92 Å². The van der Waals surface area contributed by atoms with Crippen molar-refractivity contribution < 1.29 is 9.59 Å². The van der Waals surface area contributed by atoms with Crippen molar-refractivity contribution in [3.05, 3.63) is 51.7 Å². The normalized spacial score (nSPS) is 20.3. The zero-order valence-corrected chi connectivity index (χ0v) is 17.3. The topological polar surface area (TPSA) is 43.9 Å². The Morgan fingerprint density at radius 3 is 2.46 bits per heavy atom. The maximum absolute atomic E-state index is 13.1. The van der Waals surface area contributed by atoms with E-state index >= 15 is 0 Å². The van der Waals surface area contributed by atoms with Crippen LogP contribution in [0.25, 0.3) is 0 Å². The molecule has 2 aromatic rings. The number of benzene rings is 1. The number of likely N-dealkylation sites (tertiary alicyclic amines) is 1. The van der Waals surface area contributed by atoms with Crippen molar-refractivity contribution in [2.45, 2.75) is 12.8 Å². The minimum Gasteiger partial charge on any atom is -0.367 e. The van der Waals surface area contributed by atoms with Crippen LogP contribution in [0.1, 0.15) is 22.5 Å². The lowest BCUT2D eigenvalue weighted by Crippen LogP contribution is -2.53. The molecule has 0 N–H and O–H groups in total. The number of nitrogens with zero attached hydrogens (tertiary/aromatic N) is 3. The van der Waals surface area contributed by atoms with Crippen molar-refractivity contribution in [1.82, 2.24) is 9.80 Å². The standard InChI is InChI=1S/C21H24ClN3O2S/c22-17-6-1-2-7-18(17)23-10-12-24(13-11-23)20(26)16-5-3-9-25(15-16)21(27)19-8-4-14-28-19/h1-2,4,6-8,14,16H,3,5,9-13,15H2. The zero-order valence-electron chi connectivity index (χ0n) is 15.7. The molecule has 1 aromatic heterocycles. The van der Waals surface area contributed by atoms with Crippen LogP contribution >= 0.6 is 22.9 Å². The van der Waals surface area contributed by atoms with E-state index in [1.807, 2.05) is 51.6 Å². The van der Waals surface area contributed by atoms with E-state index in [1.165, 1.54) is 11.3 Å². The second kappa shape index (κ2) is 8.53. The van der Waals surface area contributed by atoms with Gasteiger partial charge in [-0.05, 0) is 36.4 Å². The third kappa shape index (κ3) is 4.03. The molecular weight excluding hydrogens is 394 g/mol. The van der Waals surface area contributed by atoms with E-state index in [9.17, 15) is 9.59 Å². The summed E-state index contributed by atoms with van der Waals surface area (Å²) in [5.41, 5.74) is 1.03. The molecule has 4 rings (SSSR count). The summed E-state index contributed by atoms with van der Waals surface area (Å²) < 4.78 is 0. The number of hydrogen-bond donors (Lipinski definition) is 0. The third-order valence-corrected chi connectivity index (χ3v) is 6.75. The summed E-state index contributed by atoms with van der Waals surface area (Å²) in [5, 5.41) is 2.66. The minimum atomic E-state index is -0.0930. The maximum atomic E-state index is 13.1. The Kier molecular flexibility index (Phi) is 5.87. The first-order valence-electron chi connectivity index (χ1n) is 9.74. The van der Waals surface area contributed by atoms with E-state index in [0.29, 0.717) is 19.6 Å². The molecular formula is C21H24ClN3O2S. The van der Waals surface area contributed by atoms with Crippen LogP contribution in [0.2, 0.25) is 5.02 Å². The molecule has 2 fully saturated rings. The van der Waals surface area contributed by atoms with Gasteiger partial charge in [-0.2, -0.15) is 0 Å². The molecule has 0 spiro atoms.